The summed E-state index contributed by atoms with van der Waals surface area (Å²) in [6.07, 6.45) is -1.01. The van der Waals surface area contributed by atoms with Crippen molar-refractivity contribution < 1.29 is 29.0 Å². The number of fused-ring (bicyclic) bond motifs is 3. The molecule has 4 rings (SSSR count). The highest BCUT2D eigenvalue weighted by Crippen LogP contribution is 2.44. The number of nitrogens with one attached hydrogen (secondary N) is 1. The summed E-state index contributed by atoms with van der Waals surface area (Å²) >= 11 is 0. The number of carbonyl (C=O) groups is 3. The fraction of sp³-hybridized carbons (Fsp3) is 0.423. The summed E-state index contributed by atoms with van der Waals surface area (Å²) in [6, 6.07) is 15.1. The Balaban J connectivity index is 1.45. The molecule has 2 aromatic rings. The van der Waals surface area contributed by atoms with Crippen molar-refractivity contribution in [1.29, 1.82) is 0 Å². The average molecular weight is 467 g/mol. The van der Waals surface area contributed by atoms with E-state index in [1.54, 1.807) is 4.90 Å². The van der Waals surface area contributed by atoms with Gasteiger partial charge in [-0.2, -0.15) is 0 Å². The number of carbonyl (C=O) groups excluding carboxylic acids is 2. The molecule has 1 aliphatic carbocycles. The number of rotatable bonds is 7. The van der Waals surface area contributed by atoms with Crippen LogP contribution in [0.15, 0.2) is 48.5 Å². The molecule has 0 radical (unpaired) electrons. The molecule has 1 fully saturated rings. The van der Waals surface area contributed by atoms with Crippen molar-refractivity contribution in [3.8, 4) is 11.1 Å². The zero-order valence-corrected chi connectivity index (χ0v) is 19.5. The third kappa shape index (κ3) is 4.92. The lowest BCUT2D eigenvalue weighted by molar-refractivity contribution is -0.149. The number of carboxylic acid groups (broad SMARTS) is 1. The van der Waals surface area contributed by atoms with E-state index in [4.69, 9.17) is 14.6 Å². The van der Waals surface area contributed by atoms with Crippen molar-refractivity contribution in [2.75, 3.05) is 26.4 Å². The Hall–Kier alpha value is -3.39. The topological polar surface area (TPSA) is 105 Å². The molecule has 180 valence electrons. The van der Waals surface area contributed by atoms with Gasteiger partial charge < -0.3 is 24.8 Å². The molecular weight excluding hydrogens is 436 g/mol. The van der Waals surface area contributed by atoms with Gasteiger partial charge in [0.1, 0.15) is 12.6 Å². The highest BCUT2D eigenvalue weighted by molar-refractivity contribution is 5.87. The van der Waals surface area contributed by atoms with Gasteiger partial charge in [-0.3, -0.25) is 9.59 Å². The van der Waals surface area contributed by atoms with Crippen LogP contribution in [0.25, 0.3) is 11.1 Å². The molecule has 1 unspecified atom stereocenters. The fourth-order valence-corrected chi connectivity index (χ4v) is 4.76. The van der Waals surface area contributed by atoms with Gasteiger partial charge in [0.05, 0.1) is 18.8 Å². The van der Waals surface area contributed by atoms with Crippen LogP contribution in [0, 0.1) is 0 Å². The van der Waals surface area contributed by atoms with Crippen LogP contribution in [0.5, 0.6) is 0 Å². The number of amides is 2. The molecule has 34 heavy (non-hydrogen) atoms. The molecule has 0 spiro atoms. The number of aliphatic carboxylic acids is 1. The van der Waals surface area contributed by atoms with Gasteiger partial charge in [0.25, 0.3) is 0 Å². The Bertz CT molecular complexity index is 1040. The zero-order valence-electron chi connectivity index (χ0n) is 19.5. The van der Waals surface area contributed by atoms with Crippen LogP contribution < -0.4 is 5.32 Å². The maximum Gasteiger partial charge on any atom is 0.407 e. The summed E-state index contributed by atoms with van der Waals surface area (Å²) in [5.74, 6) is -1.47. The third-order valence-corrected chi connectivity index (χ3v) is 6.49. The van der Waals surface area contributed by atoms with Crippen LogP contribution in [-0.2, 0) is 19.1 Å². The Labute approximate surface area is 198 Å². The smallest absolute Gasteiger partial charge is 0.407 e. The van der Waals surface area contributed by atoms with Crippen LogP contribution >= 0.6 is 0 Å². The second kappa shape index (κ2) is 9.85. The van der Waals surface area contributed by atoms with Crippen LogP contribution in [0.1, 0.15) is 43.7 Å². The first kappa shape index (κ1) is 23.8. The molecule has 8 heteroatoms. The predicted molar refractivity (Wildman–Crippen MR) is 125 cm³/mol. The molecule has 1 aliphatic heterocycles. The molecular formula is C26H30N2O6. The first-order valence-electron chi connectivity index (χ1n) is 11.5. The summed E-state index contributed by atoms with van der Waals surface area (Å²) < 4.78 is 11.1. The standard InChI is InChI=1S/C26H30N2O6/c1-26(2)16-33-14-13-28(26)24(31)22(11-12-23(29)30)27-25(32)34-15-21-19-9-5-3-7-17(19)18-8-4-6-10-20(18)21/h3-10,21-22H,11-16H2,1-2H3,(H,27,32)(H,29,30). The second-order valence-corrected chi connectivity index (χ2v) is 9.31. The van der Waals surface area contributed by atoms with E-state index < -0.39 is 23.6 Å². The molecule has 2 aromatic carbocycles. The van der Waals surface area contributed by atoms with Crippen LogP contribution in [0.3, 0.4) is 0 Å². The number of ether oxygens (including phenoxy) is 2. The Morgan fingerprint density at radius 2 is 1.74 bits per heavy atom. The maximum absolute atomic E-state index is 13.3. The highest BCUT2D eigenvalue weighted by Gasteiger charge is 2.38. The van der Waals surface area contributed by atoms with Gasteiger partial charge in [0.2, 0.25) is 5.91 Å². The van der Waals surface area contributed by atoms with E-state index in [1.165, 1.54) is 0 Å². The molecule has 0 saturated carbocycles. The number of morpholine rings is 1. The van der Waals surface area contributed by atoms with E-state index in [0.717, 1.165) is 22.3 Å². The van der Waals surface area contributed by atoms with E-state index in [2.05, 4.69) is 17.4 Å². The Morgan fingerprint density at radius 1 is 1.12 bits per heavy atom. The molecule has 8 nitrogen and oxygen atoms in total. The predicted octanol–water partition coefficient (Wildman–Crippen LogP) is 3.40. The number of hydrogen-bond donors (Lipinski definition) is 2. The number of alkyl carbamates (subject to hydrolysis) is 1. The third-order valence-electron chi connectivity index (χ3n) is 6.49. The molecule has 0 aromatic heterocycles. The lowest BCUT2D eigenvalue weighted by Gasteiger charge is -2.43. The van der Waals surface area contributed by atoms with Gasteiger partial charge in [0.15, 0.2) is 0 Å². The normalized spacial score (nSPS) is 17.4. The van der Waals surface area contributed by atoms with Crippen molar-refractivity contribution in [2.24, 2.45) is 0 Å². The SMILES string of the molecule is CC1(C)COCCN1C(=O)C(CCC(=O)O)NC(=O)OCC1c2ccccc2-c2ccccc21. The number of carboxylic acids is 1. The summed E-state index contributed by atoms with van der Waals surface area (Å²) in [5, 5.41) is 11.8. The van der Waals surface area contributed by atoms with Gasteiger partial charge in [0, 0.05) is 18.9 Å². The summed E-state index contributed by atoms with van der Waals surface area (Å²) in [4.78, 5) is 38.8. The van der Waals surface area contributed by atoms with Gasteiger partial charge >= 0.3 is 12.1 Å². The zero-order chi connectivity index (χ0) is 24.3. The minimum absolute atomic E-state index is 0.0220. The van der Waals surface area contributed by atoms with Crippen LogP contribution in [0.2, 0.25) is 0 Å². The molecule has 1 saturated heterocycles. The monoisotopic (exact) mass is 466 g/mol. The Morgan fingerprint density at radius 3 is 2.32 bits per heavy atom. The molecule has 1 heterocycles. The van der Waals surface area contributed by atoms with E-state index in [9.17, 15) is 14.4 Å². The minimum atomic E-state index is -1.03. The quantitative estimate of drug-likeness (QED) is 0.648. The minimum Gasteiger partial charge on any atom is -0.481 e. The average Bonchev–Trinajstić information content (AvgIpc) is 3.13. The largest absolute Gasteiger partial charge is 0.481 e. The molecule has 1 atom stereocenters. The van der Waals surface area contributed by atoms with Crippen molar-refractivity contribution in [3.63, 3.8) is 0 Å². The lowest BCUT2D eigenvalue weighted by atomic mass is 9.98. The summed E-state index contributed by atoms with van der Waals surface area (Å²) in [5.41, 5.74) is 3.86. The molecule has 0 bridgehead atoms. The van der Waals surface area contributed by atoms with Crippen molar-refractivity contribution >= 4 is 18.0 Å². The van der Waals surface area contributed by atoms with Crippen molar-refractivity contribution in [3.05, 3.63) is 59.7 Å². The molecule has 2 aliphatic rings. The van der Waals surface area contributed by atoms with Gasteiger partial charge in [-0.05, 0) is 42.5 Å². The number of benzene rings is 2. The molecule has 2 amide bonds. The fourth-order valence-electron chi connectivity index (χ4n) is 4.76. The lowest BCUT2D eigenvalue weighted by Crippen LogP contribution is -2.60. The Kier molecular flexibility index (Phi) is 6.88. The first-order chi connectivity index (χ1) is 16.3. The van der Waals surface area contributed by atoms with Gasteiger partial charge in [-0.1, -0.05) is 48.5 Å². The van der Waals surface area contributed by atoms with Crippen molar-refractivity contribution in [1.82, 2.24) is 10.2 Å². The molecule has 2 N–H and O–H groups in total. The van der Waals surface area contributed by atoms with Gasteiger partial charge in [-0.25, -0.2) is 4.79 Å². The van der Waals surface area contributed by atoms with E-state index in [0.29, 0.717) is 19.8 Å². The number of nitrogens with zero attached hydrogens (tertiary/aromatic N) is 1. The highest BCUT2D eigenvalue weighted by atomic mass is 16.5. The van der Waals surface area contributed by atoms with E-state index in [1.807, 2.05) is 50.2 Å². The van der Waals surface area contributed by atoms with Crippen LogP contribution in [0.4, 0.5) is 4.79 Å². The maximum atomic E-state index is 13.3. The number of hydrogen-bond acceptors (Lipinski definition) is 5. The van der Waals surface area contributed by atoms with E-state index in [-0.39, 0.29) is 31.3 Å². The van der Waals surface area contributed by atoms with E-state index >= 15 is 0 Å². The summed E-state index contributed by atoms with van der Waals surface area (Å²) in [6.45, 7) is 5.02. The second-order valence-electron chi connectivity index (χ2n) is 9.31. The van der Waals surface area contributed by atoms with Crippen LogP contribution in [-0.4, -0.2) is 65.9 Å². The van der Waals surface area contributed by atoms with Gasteiger partial charge in [-0.15, -0.1) is 0 Å². The summed E-state index contributed by atoms with van der Waals surface area (Å²) in [7, 11) is 0. The van der Waals surface area contributed by atoms with Crippen molar-refractivity contribution in [2.45, 2.75) is 44.2 Å². The first-order valence-corrected chi connectivity index (χ1v) is 11.5.